The first-order chi connectivity index (χ1) is 15.1. The van der Waals surface area contributed by atoms with E-state index in [-0.39, 0.29) is 12.3 Å². The Hall–Kier alpha value is -3.08. The Balaban J connectivity index is 1.31. The van der Waals surface area contributed by atoms with Gasteiger partial charge in [0.1, 0.15) is 5.75 Å². The van der Waals surface area contributed by atoms with E-state index in [1.807, 2.05) is 12.1 Å². The van der Waals surface area contributed by atoms with Crippen LogP contribution in [0.3, 0.4) is 0 Å². The van der Waals surface area contributed by atoms with Crippen molar-refractivity contribution in [1.82, 2.24) is 25.0 Å². The third-order valence-electron chi connectivity index (χ3n) is 5.20. The molecule has 1 aromatic carbocycles. The minimum atomic E-state index is -0.261. The Morgan fingerprint density at radius 3 is 2.90 bits per heavy atom. The summed E-state index contributed by atoms with van der Waals surface area (Å²) in [7, 11) is 1.55. The van der Waals surface area contributed by atoms with Crippen molar-refractivity contribution in [1.29, 1.82) is 0 Å². The molecule has 164 valence electrons. The molecule has 0 saturated heterocycles. The highest BCUT2D eigenvalue weighted by Gasteiger charge is 2.23. The van der Waals surface area contributed by atoms with E-state index in [1.165, 1.54) is 31.0 Å². The van der Waals surface area contributed by atoms with Gasteiger partial charge < -0.3 is 20.4 Å². The van der Waals surface area contributed by atoms with Gasteiger partial charge in [0.25, 0.3) is 0 Å². The number of nitrogens with one attached hydrogen (secondary N) is 1. The molecule has 1 amide bonds. The van der Waals surface area contributed by atoms with Crippen LogP contribution in [0.15, 0.2) is 33.9 Å². The molecule has 1 saturated carbocycles. The lowest BCUT2D eigenvalue weighted by Crippen LogP contribution is -2.18. The van der Waals surface area contributed by atoms with Crippen LogP contribution < -0.4 is 15.9 Å². The second kappa shape index (κ2) is 9.82. The van der Waals surface area contributed by atoms with Crippen LogP contribution >= 0.6 is 11.8 Å². The van der Waals surface area contributed by atoms with Gasteiger partial charge in [0.05, 0.1) is 25.0 Å². The van der Waals surface area contributed by atoms with E-state index in [0.29, 0.717) is 40.0 Å². The van der Waals surface area contributed by atoms with Crippen LogP contribution in [0.1, 0.15) is 55.6 Å². The number of thioether (sulfide) groups is 1. The fourth-order valence-corrected chi connectivity index (χ4v) is 4.36. The van der Waals surface area contributed by atoms with E-state index in [2.05, 4.69) is 25.7 Å². The lowest BCUT2D eigenvalue weighted by molar-refractivity contribution is -0.115. The number of benzene rings is 1. The second-order valence-electron chi connectivity index (χ2n) is 7.36. The number of anilines is 1. The van der Waals surface area contributed by atoms with Crippen molar-refractivity contribution in [2.45, 2.75) is 55.4 Å². The minimum Gasteiger partial charge on any atom is -0.495 e. The summed E-state index contributed by atoms with van der Waals surface area (Å²) in [6, 6.07) is 7.18. The fourth-order valence-electron chi connectivity index (χ4n) is 3.66. The smallest absolute Gasteiger partial charge is 0.237 e. The number of para-hydroxylation sites is 2. The standard InChI is InChI=1S/C20H25N7O3S/c1-29-15-10-6-5-9-14(15)22-17(28)11-16-23-18(30-26-16)12-31-20-25-24-19(27(20)21)13-7-3-2-4-8-13/h5-6,9-10,13H,2-4,7-8,11-12,21H2,1H3,(H,22,28). The van der Waals surface area contributed by atoms with Gasteiger partial charge in [-0.2, -0.15) is 4.98 Å². The van der Waals surface area contributed by atoms with Crippen LogP contribution in [0.4, 0.5) is 5.69 Å². The van der Waals surface area contributed by atoms with Crippen molar-refractivity contribution < 1.29 is 14.1 Å². The predicted octanol–water partition coefficient (Wildman–Crippen LogP) is 2.90. The molecule has 0 spiro atoms. The SMILES string of the molecule is COc1ccccc1NC(=O)Cc1noc(CSc2nnc(C3CCCCC3)n2N)n1. The van der Waals surface area contributed by atoms with Crippen LogP contribution in [0.5, 0.6) is 5.75 Å². The number of nitrogen functional groups attached to an aromatic ring is 1. The largest absolute Gasteiger partial charge is 0.495 e. The molecule has 2 heterocycles. The van der Waals surface area contributed by atoms with E-state index in [1.54, 1.807) is 23.9 Å². The Labute approximate surface area is 183 Å². The summed E-state index contributed by atoms with van der Waals surface area (Å²) < 4.78 is 12.1. The maximum Gasteiger partial charge on any atom is 0.237 e. The number of rotatable bonds is 8. The zero-order chi connectivity index (χ0) is 21.6. The maximum atomic E-state index is 12.3. The van der Waals surface area contributed by atoms with Crippen molar-refractivity contribution >= 4 is 23.4 Å². The maximum absolute atomic E-state index is 12.3. The first-order valence-electron chi connectivity index (χ1n) is 10.2. The quantitative estimate of drug-likeness (QED) is 0.398. The molecule has 4 rings (SSSR count). The minimum absolute atomic E-state index is 0.00881. The molecule has 1 fully saturated rings. The van der Waals surface area contributed by atoms with Crippen molar-refractivity contribution in [3.8, 4) is 5.75 Å². The van der Waals surface area contributed by atoms with Gasteiger partial charge in [-0.3, -0.25) is 4.79 Å². The molecule has 10 nitrogen and oxygen atoms in total. The number of methoxy groups -OCH3 is 1. The van der Waals surface area contributed by atoms with E-state index in [4.69, 9.17) is 15.1 Å². The summed E-state index contributed by atoms with van der Waals surface area (Å²) in [5, 5.41) is 15.8. The molecule has 3 N–H and O–H groups in total. The van der Waals surface area contributed by atoms with Crippen LogP contribution in [0, 0.1) is 0 Å². The lowest BCUT2D eigenvalue weighted by Gasteiger charge is -2.20. The molecule has 0 aliphatic heterocycles. The number of hydrogen-bond acceptors (Lipinski definition) is 9. The van der Waals surface area contributed by atoms with Crippen molar-refractivity contribution in [3.63, 3.8) is 0 Å². The van der Waals surface area contributed by atoms with E-state index < -0.39 is 0 Å². The van der Waals surface area contributed by atoms with Crippen molar-refractivity contribution in [2.24, 2.45) is 0 Å². The third-order valence-corrected chi connectivity index (χ3v) is 6.12. The number of carbonyl (C=O) groups excluding carboxylic acids is 1. The average molecular weight is 444 g/mol. The monoisotopic (exact) mass is 443 g/mol. The lowest BCUT2D eigenvalue weighted by atomic mass is 9.89. The van der Waals surface area contributed by atoms with Gasteiger partial charge in [-0.15, -0.1) is 10.2 Å². The highest BCUT2D eigenvalue weighted by molar-refractivity contribution is 7.98. The van der Waals surface area contributed by atoms with Gasteiger partial charge >= 0.3 is 0 Å². The normalized spacial score (nSPS) is 14.5. The third kappa shape index (κ3) is 5.16. The van der Waals surface area contributed by atoms with Crippen LogP contribution in [0.25, 0.3) is 0 Å². The molecule has 2 aromatic heterocycles. The summed E-state index contributed by atoms with van der Waals surface area (Å²) in [6.07, 6.45) is 5.87. The molecule has 0 atom stereocenters. The molecular weight excluding hydrogens is 418 g/mol. The summed E-state index contributed by atoms with van der Waals surface area (Å²) in [5.74, 6) is 8.83. The van der Waals surface area contributed by atoms with Gasteiger partial charge in [-0.05, 0) is 25.0 Å². The molecule has 1 aliphatic carbocycles. The molecular formula is C20H25N7O3S. The van der Waals surface area contributed by atoms with E-state index in [0.717, 1.165) is 18.7 Å². The summed E-state index contributed by atoms with van der Waals surface area (Å²) in [4.78, 5) is 16.6. The highest BCUT2D eigenvalue weighted by atomic mass is 32.2. The topological polar surface area (TPSA) is 134 Å². The average Bonchev–Trinajstić information content (AvgIpc) is 3.39. The number of ether oxygens (including phenoxy) is 1. The van der Waals surface area contributed by atoms with Gasteiger partial charge in [0.15, 0.2) is 11.6 Å². The molecule has 3 aromatic rings. The first-order valence-corrected chi connectivity index (χ1v) is 11.2. The molecule has 1 aliphatic rings. The Kier molecular flexibility index (Phi) is 6.70. The molecule has 11 heteroatoms. The molecule has 31 heavy (non-hydrogen) atoms. The van der Waals surface area contributed by atoms with Crippen LogP contribution in [-0.2, 0) is 17.0 Å². The molecule has 0 unspecified atom stereocenters. The van der Waals surface area contributed by atoms with E-state index in [9.17, 15) is 4.79 Å². The van der Waals surface area contributed by atoms with Crippen molar-refractivity contribution in [2.75, 3.05) is 18.3 Å². The number of hydrogen-bond donors (Lipinski definition) is 2. The highest BCUT2D eigenvalue weighted by Crippen LogP contribution is 2.32. The molecule has 0 bridgehead atoms. The zero-order valence-corrected chi connectivity index (χ0v) is 18.1. The summed E-state index contributed by atoms with van der Waals surface area (Å²) in [6.45, 7) is 0. The van der Waals surface area contributed by atoms with E-state index >= 15 is 0 Å². The predicted molar refractivity (Wildman–Crippen MR) is 115 cm³/mol. The van der Waals surface area contributed by atoms with Gasteiger partial charge in [0.2, 0.25) is 17.0 Å². The number of aromatic nitrogens is 5. The van der Waals surface area contributed by atoms with Gasteiger partial charge in [0, 0.05) is 5.92 Å². The Bertz CT molecular complexity index is 1030. The zero-order valence-electron chi connectivity index (χ0n) is 17.3. The number of nitrogens with zero attached hydrogens (tertiary/aromatic N) is 5. The summed E-state index contributed by atoms with van der Waals surface area (Å²) >= 11 is 1.38. The van der Waals surface area contributed by atoms with Gasteiger partial charge in [-0.25, -0.2) is 4.68 Å². The first kappa shape index (κ1) is 21.2. The summed E-state index contributed by atoms with van der Waals surface area (Å²) in [5.41, 5.74) is 0.588. The van der Waals surface area contributed by atoms with Gasteiger partial charge in [-0.1, -0.05) is 48.3 Å². The number of nitrogens with two attached hydrogens (primary N) is 1. The fraction of sp³-hybridized carbons (Fsp3) is 0.450. The Morgan fingerprint density at radius 1 is 1.29 bits per heavy atom. The second-order valence-corrected chi connectivity index (χ2v) is 8.31. The van der Waals surface area contributed by atoms with Crippen molar-refractivity contribution in [3.05, 3.63) is 41.8 Å². The number of amides is 1. The molecule has 0 radical (unpaired) electrons. The Morgan fingerprint density at radius 2 is 2.10 bits per heavy atom. The van der Waals surface area contributed by atoms with Crippen LogP contribution in [0.2, 0.25) is 0 Å². The van der Waals surface area contributed by atoms with Crippen LogP contribution in [-0.4, -0.2) is 38.0 Å². The number of carbonyl (C=O) groups is 1.